The summed E-state index contributed by atoms with van der Waals surface area (Å²) in [6.45, 7) is 8.41. The molecule has 4 rings (SSSR count). The van der Waals surface area contributed by atoms with E-state index in [4.69, 9.17) is 26.2 Å². The number of aliphatic hydroxyl groups is 1. The van der Waals surface area contributed by atoms with Gasteiger partial charge in [-0.2, -0.15) is 5.10 Å². The van der Waals surface area contributed by atoms with E-state index in [1.807, 2.05) is 66.2 Å². The summed E-state index contributed by atoms with van der Waals surface area (Å²) < 4.78 is 13.7. The van der Waals surface area contributed by atoms with E-state index in [1.165, 1.54) is 12.8 Å². The van der Waals surface area contributed by atoms with Crippen molar-refractivity contribution in [3.05, 3.63) is 83.5 Å². The summed E-state index contributed by atoms with van der Waals surface area (Å²) in [6.07, 6.45) is 3.57. The highest BCUT2D eigenvalue weighted by Crippen LogP contribution is 2.34. The Hall–Kier alpha value is -2.64. The van der Waals surface area contributed by atoms with E-state index in [1.54, 1.807) is 6.08 Å². The molecule has 6 nitrogen and oxygen atoms in total. The van der Waals surface area contributed by atoms with E-state index in [0.717, 1.165) is 29.2 Å². The van der Waals surface area contributed by atoms with E-state index >= 15 is 0 Å². The zero-order valence-corrected chi connectivity index (χ0v) is 20.3. The van der Waals surface area contributed by atoms with Crippen LogP contribution in [0.4, 0.5) is 0 Å². The van der Waals surface area contributed by atoms with Crippen molar-refractivity contribution in [2.45, 2.75) is 32.4 Å². The van der Waals surface area contributed by atoms with Crippen LogP contribution in [0.3, 0.4) is 0 Å². The summed E-state index contributed by atoms with van der Waals surface area (Å²) in [5.74, 6) is 2.06. The number of para-hydroxylation sites is 1. The minimum absolute atomic E-state index is 0.279. The van der Waals surface area contributed by atoms with Crippen LogP contribution in [0.25, 0.3) is 5.69 Å². The van der Waals surface area contributed by atoms with Crippen LogP contribution < -0.4 is 4.74 Å². The fourth-order valence-electron chi connectivity index (χ4n) is 3.94. The number of nitrogens with zero attached hydrogens (tertiary/aromatic N) is 3. The molecule has 1 heterocycles. The monoisotopic (exact) mass is 481 g/mol. The Balaban J connectivity index is 1.63. The van der Waals surface area contributed by atoms with E-state index in [-0.39, 0.29) is 6.61 Å². The SMILES string of the molecule is C=CCOC[C@H](O)CN(Cc1c(C)nn(-c2cccc(Cl)c2)c1Oc1ccccc1)CC1CC1. The first-order chi connectivity index (χ1) is 16.5. The molecule has 0 bridgehead atoms. The summed E-state index contributed by atoms with van der Waals surface area (Å²) in [7, 11) is 0. The Morgan fingerprint density at radius 1 is 1.24 bits per heavy atom. The van der Waals surface area contributed by atoms with Crippen LogP contribution in [0.2, 0.25) is 5.02 Å². The Morgan fingerprint density at radius 3 is 2.74 bits per heavy atom. The first-order valence-corrected chi connectivity index (χ1v) is 12.1. The van der Waals surface area contributed by atoms with Crippen LogP contribution in [0, 0.1) is 12.8 Å². The maximum absolute atomic E-state index is 10.6. The van der Waals surface area contributed by atoms with Gasteiger partial charge in [0.2, 0.25) is 5.88 Å². The second-order valence-electron chi connectivity index (χ2n) is 8.79. The van der Waals surface area contributed by atoms with Gasteiger partial charge in [-0.05, 0) is 56.0 Å². The number of ether oxygens (including phenoxy) is 2. The molecule has 0 aliphatic heterocycles. The second kappa shape index (κ2) is 11.7. The number of aromatic nitrogens is 2. The van der Waals surface area contributed by atoms with Crippen LogP contribution >= 0.6 is 11.6 Å². The van der Waals surface area contributed by atoms with E-state index < -0.39 is 6.10 Å². The van der Waals surface area contributed by atoms with Crippen molar-refractivity contribution < 1.29 is 14.6 Å². The summed E-state index contributed by atoms with van der Waals surface area (Å²) in [5, 5.41) is 16.0. The lowest BCUT2D eigenvalue weighted by Crippen LogP contribution is -2.36. The number of halogens is 1. The topological polar surface area (TPSA) is 59.8 Å². The van der Waals surface area contributed by atoms with Crippen LogP contribution in [0.1, 0.15) is 24.1 Å². The molecule has 0 spiro atoms. The molecule has 0 unspecified atom stereocenters. The molecule has 1 N–H and O–H groups in total. The number of hydrogen-bond acceptors (Lipinski definition) is 5. The van der Waals surface area contributed by atoms with Crippen LogP contribution in [0.15, 0.2) is 67.3 Å². The maximum atomic E-state index is 10.6. The fraction of sp³-hybridized carbons (Fsp3) is 0.370. The zero-order valence-electron chi connectivity index (χ0n) is 19.6. The van der Waals surface area contributed by atoms with Gasteiger partial charge in [-0.25, -0.2) is 4.68 Å². The Labute approximate surface area is 206 Å². The van der Waals surface area contributed by atoms with Crippen molar-refractivity contribution in [2.24, 2.45) is 5.92 Å². The van der Waals surface area contributed by atoms with Gasteiger partial charge in [-0.1, -0.05) is 41.9 Å². The summed E-state index contributed by atoms with van der Waals surface area (Å²) >= 11 is 6.28. The molecule has 1 aromatic heterocycles. The standard InChI is InChI=1S/C27H32ClN3O3/c1-3-14-33-19-24(32)17-30(16-21-12-13-21)18-26-20(2)29-31(23-9-7-8-22(28)15-23)27(26)34-25-10-5-4-6-11-25/h3-11,15,21,24,32H,1,12-14,16-19H2,2H3/t24-/m1/s1. The third-order valence-corrected chi connectivity index (χ3v) is 5.99. The molecule has 3 aromatic rings. The van der Waals surface area contributed by atoms with Crippen molar-refractivity contribution in [1.29, 1.82) is 0 Å². The van der Waals surface area contributed by atoms with E-state index in [0.29, 0.717) is 36.5 Å². The molecule has 0 amide bonds. The second-order valence-corrected chi connectivity index (χ2v) is 9.23. The fourth-order valence-corrected chi connectivity index (χ4v) is 4.12. The molecule has 0 saturated heterocycles. The Bertz CT molecular complexity index is 1080. The van der Waals surface area contributed by atoms with Crippen molar-refractivity contribution >= 4 is 11.6 Å². The smallest absolute Gasteiger partial charge is 0.227 e. The number of hydrogen-bond donors (Lipinski definition) is 1. The molecule has 7 heteroatoms. The van der Waals surface area contributed by atoms with Gasteiger partial charge >= 0.3 is 0 Å². The summed E-state index contributed by atoms with van der Waals surface area (Å²) in [6, 6.07) is 17.3. The molecular formula is C27H32ClN3O3. The third kappa shape index (κ3) is 6.70. The molecule has 0 radical (unpaired) electrons. The molecule has 1 aliphatic carbocycles. The lowest BCUT2D eigenvalue weighted by molar-refractivity contribution is 0.0235. The highest BCUT2D eigenvalue weighted by Gasteiger charge is 2.28. The van der Waals surface area contributed by atoms with Gasteiger partial charge in [-0.3, -0.25) is 4.90 Å². The molecule has 34 heavy (non-hydrogen) atoms. The van der Waals surface area contributed by atoms with Crippen molar-refractivity contribution in [3.63, 3.8) is 0 Å². The van der Waals surface area contributed by atoms with Crippen molar-refractivity contribution in [2.75, 3.05) is 26.3 Å². The lowest BCUT2D eigenvalue weighted by atomic mass is 10.2. The molecule has 1 aliphatic rings. The van der Waals surface area contributed by atoms with Crippen molar-refractivity contribution in [1.82, 2.24) is 14.7 Å². The Kier molecular flexibility index (Phi) is 8.40. The lowest BCUT2D eigenvalue weighted by Gasteiger charge is -2.25. The number of aliphatic hydroxyl groups excluding tert-OH is 1. The minimum atomic E-state index is -0.583. The van der Waals surface area contributed by atoms with Crippen molar-refractivity contribution in [3.8, 4) is 17.3 Å². The quantitative estimate of drug-likeness (QED) is 0.261. The van der Waals surface area contributed by atoms with Crippen LogP contribution in [-0.4, -0.2) is 52.2 Å². The highest BCUT2D eigenvalue weighted by molar-refractivity contribution is 6.30. The number of rotatable bonds is 13. The number of aryl methyl sites for hydroxylation is 1. The zero-order chi connectivity index (χ0) is 23.9. The van der Waals surface area contributed by atoms with Gasteiger partial charge in [0.05, 0.1) is 36.3 Å². The summed E-state index contributed by atoms with van der Waals surface area (Å²) in [4.78, 5) is 2.28. The van der Waals surface area contributed by atoms with E-state index in [9.17, 15) is 5.11 Å². The molecule has 2 aromatic carbocycles. The largest absolute Gasteiger partial charge is 0.439 e. The molecule has 1 fully saturated rings. The van der Waals surface area contributed by atoms with Gasteiger partial charge in [0.15, 0.2) is 0 Å². The van der Waals surface area contributed by atoms with Crippen LogP contribution in [0.5, 0.6) is 11.6 Å². The average Bonchev–Trinajstić information content (AvgIpc) is 3.59. The molecule has 1 saturated carbocycles. The highest BCUT2D eigenvalue weighted by atomic mass is 35.5. The van der Waals surface area contributed by atoms with Gasteiger partial charge in [0.25, 0.3) is 0 Å². The molecular weight excluding hydrogens is 450 g/mol. The average molecular weight is 482 g/mol. The predicted octanol–water partition coefficient (Wildman–Crippen LogP) is 5.40. The van der Waals surface area contributed by atoms with E-state index in [2.05, 4.69) is 11.5 Å². The van der Waals surface area contributed by atoms with Gasteiger partial charge < -0.3 is 14.6 Å². The first-order valence-electron chi connectivity index (χ1n) is 11.7. The van der Waals surface area contributed by atoms with Gasteiger partial charge in [-0.15, -0.1) is 6.58 Å². The van der Waals surface area contributed by atoms with Gasteiger partial charge in [0.1, 0.15) is 5.75 Å². The normalized spacial score (nSPS) is 14.4. The predicted molar refractivity (Wildman–Crippen MR) is 135 cm³/mol. The van der Waals surface area contributed by atoms with Gasteiger partial charge in [0, 0.05) is 24.7 Å². The third-order valence-electron chi connectivity index (χ3n) is 5.76. The van der Waals surface area contributed by atoms with Crippen LogP contribution in [-0.2, 0) is 11.3 Å². The molecule has 1 atom stereocenters. The maximum Gasteiger partial charge on any atom is 0.227 e. The minimum Gasteiger partial charge on any atom is -0.439 e. The molecule has 180 valence electrons. The number of benzene rings is 2. The Morgan fingerprint density at radius 2 is 2.03 bits per heavy atom. The first kappa shape index (κ1) is 24.5. The summed E-state index contributed by atoms with van der Waals surface area (Å²) in [5.41, 5.74) is 2.70.